The first kappa shape index (κ1) is 17.6. The van der Waals surface area contributed by atoms with Gasteiger partial charge < -0.3 is 10.1 Å². The molecule has 1 aliphatic heterocycles. The van der Waals surface area contributed by atoms with Crippen molar-refractivity contribution >= 4 is 45.9 Å². The Morgan fingerprint density at radius 3 is 2.42 bits per heavy atom. The maximum atomic E-state index is 11.4. The van der Waals surface area contributed by atoms with Crippen molar-refractivity contribution in [2.45, 2.75) is 6.18 Å². The summed E-state index contributed by atoms with van der Waals surface area (Å²) < 4.78 is 31.7. The monoisotopic (exact) mass is 358 g/mol. The number of imide groups is 1. The molecule has 0 atom stereocenters. The van der Waals surface area contributed by atoms with Crippen molar-refractivity contribution in [2.75, 3.05) is 0 Å². The van der Waals surface area contributed by atoms with Gasteiger partial charge in [-0.3, -0.25) is 14.9 Å². The van der Waals surface area contributed by atoms with Crippen LogP contribution in [-0.4, -0.2) is 33.4 Å². The van der Waals surface area contributed by atoms with Crippen LogP contribution < -0.4 is 5.32 Å². The summed E-state index contributed by atoms with van der Waals surface area (Å²) in [4.78, 5) is 34.8. The largest absolute Gasteiger partial charge is 0.490 e. The molecule has 0 spiro atoms. The summed E-state index contributed by atoms with van der Waals surface area (Å²) in [5.74, 6) is -3.08. The molecule has 1 aliphatic rings. The summed E-state index contributed by atoms with van der Waals surface area (Å²) in [6, 6.07) is 7.81. The van der Waals surface area contributed by atoms with E-state index < -0.39 is 12.1 Å². The van der Waals surface area contributed by atoms with Gasteiger partial charge >= 0.3 is 12.1 Å². The minimum absolute atomic E-state index is 0.317. The summed E-state index contributed by atoms with van der Waals surface area (Å²) >= 11 is 0.927. The zero-order valence-corrected chi connectivity index (χ0v) is 12.5. The van der Waals surface area contributed by atoms with Crippen LogP contribution >= 0.6 is 11.8 Å². The molecule has 1 aromatic heterocycles. The molecule has 3 rings (SSSR count). The van der Waals surface area contributed by atoms with Crippen molar-refractivity contribution < 1.29 is 32.7 Å². The van der Waals surface area contributed by atoms with Gasteiger partial charge in [0, 0.05) is 11.7 Å². The van der Waals surface area contributed by atoms with E-state index in [2.05, 4.69) is 10.3 Å². The number of carbonyl (C=O) groups is 3. The minimum atomic E-state index is -5.08. The number of H-pyrrole nitrogens is 1. The third-order valence-electron chi connectivity index (χ3n) is 2.76. The maximum absolute atomic E-state index is 11.4. The Labute approximate surface area is 136 Å². The van der Waals surface area contributed by atoms with Gasteiger partial charge in [-0.15, -0.1) is 0 Å². The number of hydrogen-bond donors (Lipinski definition) is 3. The lowest BCUT2D eigenvalue weighted by Gasteiger charge is -1.95. The van der Waals surface area contributed by atoms with Crippen LogP contribution in [0.15, 0.2) is 35.4 Å². The summed E-state index contributed by atoms with van der Waals surface area (Å²) in [5, 5.41) is 10.2. The fraction of sp³-hybridized carbons (Fsp3) is 0.0714. The molecule has 0 radical (unpaired) electrons. The van der Waals surface area contributed by atoms with Crippen molar-refractivity contribution in [1.29, 1.82) is 0 Å². The number of carboxylic acids is 1. The highest BCUT2D eigenvalue weighted by molar-refractivity contribution is 8.18. The first-order chi connectivity index (χ1) is 11.2. The first-order valence-electron chi connectivity index (χ1n) is 6.29. The molecular weight excluding hydrogens is 349 g/mol. The third kappa shape index (κ3) is 4.38. The van der Waals surface area contributed by atoms with E-state index in [9.17, 15) is 22.8 Å². The molecule has 126 valence electrons. The molecule has 1 saturated heterocycles. The molecule has 1 aromatic carbocycles. The van der Waals surface area contributed by atoms with Crippen molar-refractivity contribution in [3.8, 4) is 0 Å². The number of fused-ring (bicyclic) bond motifs is 1. The summed E-state index contributed by atoms with van der Waals surface area (Å²) in [6.45, 7) is 0. The number of aromatic nitrogens is 1. The standard InChI is InChI=1S/C12H8N2O2S.C2HF3O2/c15-11-10(17-12(16)14-11)6-7-1-2-8-3-4-13-9(8)5-7;3-2(4,5)1(6)7/h1-6,13H,(H,14,15,16);(H,6,7)/b10-6-;. The number of halogens is 3. The third-order valence-corrected chi connectivity index (χ3v) is 3.57. The zero-order chi connectivity index (χ0) is 17.9. The summed E-state index contributed by atoms with van der Waals surface area (Å²) in [7, 11) is 0. The SMILES string of the molecule is O=C(O)C(F)(F)F.O=C1NC(=O)/C(=C/c2ccc3cc[nH]c3c2)S1. The first-order valence-corrected chi connectivity index (χ1v) is 7.10. The van der Waals surface area contributed by atoms with Gasteiger partial charge in [0.2, 0.25) is 0 Å². The molecule has 1 fully saturated rings. The molecule has 10 heteroatoms. The molecule has 3 N–H and O–H groups in total. The van der Waals surface area contributed by atoms with Crippen LogP contribution in [0, 0.1) is 0 Å². The number of nitrogens with one attached hydrogen (secondary N) is 2. The van der Waals surface area contributed by atoms with Crippen LogP contribution in [0.1, 0.15) is 5.56 Å². The molecule has 0 bridgehead atoms. The fourth-order valence-corrected chi connectivity index (χ4v) is 2.41. The number of aliphatic carboxylic acids is 1. The van der Waals surface area contributed by atoms with Crippen LogP contribution in [0.25, 0.3) is 17.0 Å². The number of hydrogen-bond acceptors (Lipinski definition) is 4. The van der Waals surface area contributed by atoms with E-state index in [4.69, 9.17) is 9.90 Å². The lowest BCUT2D eigenvalue weighted by atomic mass is 10.1. The molecule has 2 amide bonds. The van der Waals surface area contributed by atoms with Gasteiger partial charge in [-0.2, -0.15) is 13.2 Å². The number of thioether (sulfide) groups is 1. The van der Waals surface area contributed by atoms with E-state index in [1.165, 1.54) is 0 Å². The van der Waals surface area contributed by atoms with E-state index in [1.807, 2.05) is 30.5 Å². The topological polar surface area (TPSA) is 99.3 Å². The number of amides is 2. The van der Waals surface area contributed by atoms with E-state index in [0.29, 0.717) is 4.91 Å². The predicted octanol–water partition coefficient (Wildman–Crippen LogP) is 3.13. The van der Waals surface area contributed by atoms with E-state index in [1.54, 1.807) is 6.08 Å². The molecule has 24 heavy (non-hydrogen) atoms. The molecular formula is C14H9F3N2O4S. The van der Waals surface area contributed by atoms with Crippen LogP contribution in [0.2, 0.25) is 0 Å². The maximum Gasteiger partial charge on any atom is 0.490 e. The normalized spacial score (nSPS) is 16.0. The van der Waals surface area contributed by atoms with Gasteiger partial charge in [-0.25, -0.2) is 4.79 Å². The Morgan fingerprint density at radius 1 is 1.21 bits per heavy atom. The summed E-state index contributed by atoms with van der Waals surface area (Å²) in [5.41, 5.74) is 1.90. The second-order valence-electron chi connectivity index (χ2n) is 4.48. The Hall–Kier alpha value is -2.75. The predicted molar refractivity (Wildman–Crippen MR) is 81.1 cm³/mol. The number of rotatable bonds is 1. The quantitative estimate of drug-likeness (QED) is 0.680. The second-order valence-corrected chi connectivity index (χ2v) is 5.49. The van der Waals surface area contributed by atoms with Crippen molar-refractivity contribution in [3.05, 3.63) is 40.9 Å². The van der Waals surface area contributed by atoms with E-state index >= 15 is 0 Å². The van der Waals surface area contributed by atoms with Crippen LogP contribution in [0.5, 0.6) is 0 Å². The molecule has 2 heterocycles. The number of benzene rings is 1. The van der Waals surface area contributed by atoms with E-state index in [-0.39, 0.29) is 11.1 Å². The lowest BCUT2D eigenvalue weighted by molar-refractivity contribution is -0.192. The highest BCUT2D eigenvalue weighted by Gasteiger charge is 2.38. The van der Waals surface area contributed by atoms with Crippen LogP contribution in [0.3, 0.4) is 0 Å². The van der Waals surface area contributed by atoms with Gasteiger partial charge in [0.05, 0.1) is 4.91 Å². The number of aromatic amines is 1. The van der Waals surface area contributed by atoms with Crippen molar-refractivity contribution in [1.82, 2.24) is 10.3 Å². The molecule has 0 aliphatic carbocycles. The Kier molecular flexibility index (Phi) is 4.98. The van der Waals surface area contributed by atoms with Gasteiger partial charge in [-0.05, 0) is 40.9 Å². The zero-order valence-electron chi connectivity index (χ0n) is 11.7. The number of carboxylic acid groups (broad SMARTS) is 1. The van der Waals surface area contributed by atoms with Gasteiger partial charge in [0.25, 0.3) is 11.1 Å². The van der Waals surface area contributed by atoms with Gasteiger partial charge in [0.15, 0.2) is 0 Å². The molecule has 0 unspecified atom stereocenters. The molecule has 2 aromatic rings. The van der Waals surface area contributed by atoms with Gasteiger partial charge in [0.1, 0.15) is 0 Å². The summed E-state index contributed by atoms with van der Waals surface area (Å²) in [6.07, 6.45) is -1.51. The Morgan fingerprint density at radius 2 is 1.88 bits per heavy atom. The average molecular weight is 358 g/mol. The molecule has 6 nitrogen and oxygen atoms in total. The number of carbonyl (C=O) groups excluding carboxylic acids is 2. The second kappa shape index (κ2) is 6.79. The van der Waals surface area contributed by atoms with Crippen molar-refractivity contribution in [3.63, 3.8) is 0 Å². The highest BCUT2D eigenvalue weighted by atomic mass is 32.2. The lowest BCUT2D eigenvalue weighted by Crippen LogP contribution is -2.21. The molecule has 0 saturated carbocycles. The minimum Gasteiger partial charge on any atom is -0.475 e. The Balaban J connectivity index is 0.000000256. The van der Waals surface area contributed by atoms with Crippen LogP contribution in [-0.2, 0) is 9.59 Å². The average Bonchev–Trinajstić information content (AvgIpc) is 3.05. The fourth-order valence-electron chi connectivity index (χ4n) is 1.73. The smallest absolute Gasteiger partial charge is 0.475 e. The van der Waals surface area contributed by atoms with Crippen LogP contribution in [0.4, 0.5) is 18.0 Å². The number of alkyl halides is 3. The Bertz CT molecular complexity index is 842. The van der Waals surface area contributed by atoms with E-state index in [0.717, 1.165) is 28.2 Å². The van der Waals surface area contributed by atoms with Gasteiger partial charge in [-0.1, -0.05) is 12.1 Å². The highest BCUT2D eigenvalue weighted by Crippen LogP contribution is 2.26. The van der Waals surface area contributed by atoms with Crippen molar-refractivity contribution in [2.24, 2.45) is 0 Å².